The van der Waals surface area contributed by atoms with Crippen LogP contribution in [0.4, 0.5) is 0 Å². The number of esters is 1. The number of hydrogen-bond donors (Lipinski definition) is 0. The minimum absolute atomic E-state index is 0.307. The predicted molar refractivity (Wildman–Crippen MR) is 109 cm³/mol. The number of nitrogens with zero attached hydrogens (tertiary/aromatic N) is 6. The normalized spacial score (nSPS) is 18.1. The van der Waals surface area contributed by atoms with Crippen molar-refractivity contribution in [1.82, 2.24) is 29.5 Å². The molecule has 2 aliphatic rings. The highest BCUT2D eigenvalue weighted by Gasteiger charge is 2.44. The van der Waals surface area contributed by atoms with E-state index in [0.717, 1.165) is 12.1 Å². The third-order valence-electron chi connectivity index (χ3n) is 6.49. The Balaban J connectivity index is 1.41. The minimum Gasteiger partial charge on any atom is -0.479 e. The summed E-state index contributed by atoms with van der Waals surface area (Å²) in [6, 6.07) is 0. The average Bonchev–Trinajstić information content (AvgIpc) is 3.16. The second kappa shape index (κ2) is 7.37. The van der Waals surface area contributed by atoms with Gasteiger partial charge in [0.1, 0.15) is 11.0 Å². The van der Waals surface area contributed by atoms with Crippen LogP contribution in [0.1, 0.15) is 55.8 Å². The average molecular weight is 410 g/mol. The molecule has 9 nitrogen and oxygen atoms in total. The van der Waals surface area contributed by atoms with Crippen LogP contribution in [-0.2, 0) is 11.3 Å². The SMILES string of the molecule is CCOC(=O)c1cnn(-c2nc(OC)c3c(cnn3CC3CCC4(CC3)CC4)n2)c1. The summed E-state index contributed by atoms with van der Waals surface area (Å²) in [6.07, 6.45) is 12.8. The molecule has 1 spiro atoms. The van der Waals surface area contributed by atoms with E-state index < -0.39 is 5.97 Å². The smallest absolute Gasteiger partial charge is 0.341 e. The quantitative estimate of drug-likeness (QED) is 0.576. The van der Waals surface area contributed by atoms with E-state index in [9.17, 15) is 4.79 Å². The van der Waals surface area contributed by atoms with Crippen molar-refractivity contribution in [2.75, 3.05) is 13.7 Å². The van der Waals surface area contributed by atoms with E-state index in [1.165, 1.54) is 49.4 Å². The molecule has 5 rings (SSSR count). The Labute approximate surface area is 174 Å². The van der Waals surface area contributed by atoms with Gasteiger partial charge < -0.3 is 9.47 Å². The first-order valence-corrected chi connectivity index (χ1v) is 10.6. The van der Waals surface area contributed by atoms with E-state index in [4.69, 9.17) is 9.47 Å². The van der Waals surface area contributed by atoms with Crippen LogP contribution in [0.5, 0.6) is 5.88 Å². The molecule has 3 heterocycles. The summed E-state index contributed by atoms with van der Waals surface area (Å²) in [5.41, 5.74) is 2.52. The molecule has 2 saturated carbocycles. The number of carbonyl (C=O) groups is 1. The van der Waals surface area contributed by atoms with Crippen LogP contribution in [0.25, 0.3) is 17.0 Å². The fourth-order valence-corrected chi connectivity index (χ4v) is 4.48. The molecule has 0 radical (unpaired) electrons. The maximum absolute atomic E-state index is 11.9. The topological polar surface area (TPSA) is 97.0 Å². The number of rotatable bonds is 6. The Hall–Kier alpha value is -2.97. The van der Waals surface area contributed by atoms with Crippen LogP contribution >= 0.6 is 0 Å². The Morgan fingerprint density at radius 2 is 1.97 bits per heavy atom. The lowest BCUT2D eigenvalue weighted by Gasteiger charge is -2.28. The number of hydrogen-bond acceptors (Lipinski definition) is 7. The summed E-state index contributed by atoms with van der Waals surface area (Å²) < 4.78 is 14.0. The number of aromatic nitrogens is 6. The molecule has 158 valence electrons. The van der Waals surface area contributed by atoms with Gasteiger partial charge >= 0.3 is 5.97 Å². The predicted octanol–water partition coefficient (Wildman–Crippen LogP) is 3.17. The Kier molecular flexibility index (Phi) is 4.67. The molecule has 0 atom stereocenters. The molecule has 0 bridgehead atoms. The maximum atomic E-state index is 11.9. The van der Waals surface area contributed by atoms with Crippen molar-refractivity contribution in [3.8, 4) is 11.8 Å². The largest absolute Gasteiger partial charge is 0.479 e. The van der Waals surface area contributed by atoms with Gasteiger partial charge in [-0.25, -0.2) is 14.5 Å². The molecule has 2 fully saturated rings. The van der Waals surface area contributed by atoms with Gasteiger partial charge in [0.25, 0.3) is 5.95 Å². The van der Waals surface area contributed by atoms with Crippen molar-refractivity contribution in [1.29, 1.82) is 0 Å². The van der Waals surface area contributed by atoms with Crippen molar-refractivity contribution >= 4 is 17.0 Å². The number of methoxy groups -OCH3 is 1. The second-order valence-corrected chi connectivity index (χ2v) is 8.43. The van der Waals surface area contributed by atoms with E-state index in [-0.39, 0.29) is 0 Å². The molecule has 9 heteroatoms. The van der Waals surface area contributed by atoms with Crippen LogP contribution < -0.4 is 4.74 Å². The first-order valence-electron chi connectivity index (χ1n) is 10.6. The van der Waals surface area contributed by atoms with Crippen molar-refractivity contribution < 1.29 is 14.3 Å². The minimum atomic E-state index is -0.426. The molecule has 0 aromatic carbocycles. The molecule has 0 amide bonds. The molecule has 0 aliphatic heterocycles. The van der Waals surface area contributed by atoms with Gasteiger partial charge in [-0.1, -0.05) is 0 Å². The fraction of sp³-hybridized carbons (Fsp3) is 0.571. The van der Waals surface area contributed by atoms with Gasteiger partial charge in [0.2, 0.25) is 5.88 Å². The molecular formula is C21H26N6O3. The lowest BCUT2D eigenvalue weighted by Crippen LogP contribution is -2.20. The van der Waals surface area contributed by atoms with E-state index in [0.29, 0.717) is 40.8 Å². The molecule has 0 saturated heterocycles. The number of fused-ring (bicyclic) bond motifs is 1. The highest BCUT2D eigenvalue weighted by Crippen LogP contribution is 2.57. The van der Waals surface area contributed by atoms with Gasteiger partial charge in [-0.3, -0.25) is 4.68 Å². The highest BCUT2D eigenvalue weighted by molar-refractivity contribution is 5.88. The second-order valence-electron chi connectivity index (χ2n) is 8.43. The lowest BCUT2D eigenvalue weighted by atomic mass is 9.80. The van der Waals surface area contributed by atoms with Crippen LogP contribution in [0.2, 0.25) is 0 Å². The molecule has 3 aromatic rings. The molecule has 0 N–H and O–H groups in total. The Morgan fingerprint density at radius 1 is 1.17 bits per heavy atom. The standard InChI is InChI=1S/C21H26N6O3/c1-3-30-19(28)15-10-22-27(13-15)20-24-16-11-23-26(17(16)18(25-20)29-2)12-14-4-6-21(7-5-14)8-9-21/h10-11,13-14H,3-9,12H2,1-2H3. The summed E-state index contributed by atoms with van der Waals surface area (Å²) in [5.74, 6) is 0.977. The first-order chi connectivity index (χ1) is 14.6. The van der Waals surface area contributed by atoms with Gasteiger partial charge in [0, 0.05) is 12.7 Å². The van der Waals surface area contributed by atoms with Crippen LogP contribution in [0.3, 0.4) is 0 Å². The third kappa shape index (κ3) is 3.42. The lowest BCUT2D eigenvalue weighted by molar-refractivity contribution is 0.0526. The van der Waals surface area contributed by atoms with Gasteiger partial charge in [0.15, 0.2) is 0 Å². The zero-order valence-corrected chi connectivity index (χ0v) is 17.4. The molecule has 3 aromatic heterocycles. The summed E-state index contributed by atoms with van der Waals surface area (Å²) in [4.78, 5) is 21.0. The first kappa shape index (κ1) is 19.0. The van der Waals surface area contributed by atoms with Gasteiger partial charge in [-0.05, 0) is 56.8 Å². The van der Waals surface area contributed by atoms with Crippen molar-refractivity contribution in [3.63, 3.8) is 0 Å². The van der Waals surface area contributed by atoms with E-state index in [1.54, 1.807) is 26.4 Å². The maximum Gasteiger partial charge on any atom is 0.341 e. The molecular weight excluding hydrogens is 384 g/mol. The number of ether oxygens (including phenoxy) is 2. The summed E-state index contributed by atoms with van der Waals surface area (Å²) in [7, 11) is 1.59. The molecule has 30 heavy (non-hydrogen) atoms. The van der Waals surface area contributed by atoms with Crippen LogP contribution in [-0.4, -0.2) is 49.2 Å². The zero-order valence-electron chi connectivity index (χ0n) is 17.4. The number of carbonyl (C=O) groups excluding carboxylic acids is 1. The Bertz CT molecular complexity index is 1070. The van der Waals surface area contributed by atoms with Crippen LogP contribution in [0, 0.1) is 11.3 Å². The van der Waals surface area contributed by atoms with E-state index in [2.05, 4.69) is 20.2 Å². The molecule has 0 unspecified atom stereocenters. The van der Waals surface area contributed by atoms with Gasteiger partial charge in [0.05, 0.1) is 31.7 Å². The fourth-order valence-electron chi connectivity index (χ4n) is 4.48. The Morgan fingerprint density at radius 3 is 2.67 bits per heavy atom. The summed E-state index contributed by atoms with van der Waals surface area (Å²) in [5, 5.41) is 8.77. The highest BCUT2D eigenvalue weighted by atomic mass is 16.5. The van der Waals surface area contributed by atoms with Crippen molar-refractivity contribution in [3.05, 3.63) is 24.2 Å². The van der Waals surface area contributed by atoms with E-state index >= 15 is 0 Å². The third-order valence-corrected chi connectivity index (χ3v) is 6.49. The van der Waals surface area contributed by atoms with Gasteiger partial charge in [-0.15, -0.1) is 0 Å². The van der Waals surface area contributed by atoms with Gasteiger partial charge in [-0.2, -0.15) is 15.2 Å². The van der Waals surface area contributed by atoms with Crippen LogP contribution in [0.15, 0.2) is 18.6 Å². The zero-order chi connectivity index (χ0) is 20.7. The van der Waals surface area contributed by atoms with E-state index in [1.807, 2.05) is 4.68 Å². The molecule has 2 aliphatic carbocycles. The van der Waals surface area contributed by atoms with Crippen molar-refractivity contribution in [2.45, 2.75) is 52.0 Å². The monoisotopic (exact) mass is 410 g/mol. The summed E-state index contributed by atoms with van der Waals surface area (Å²) in [6.45, 7) is 2.92. The van der Waals surface area contributed by atoms with Crippen molar-refractivity contribution in [2.24, 2.45) is 11.3 Å². The summed E-state index contributed by atoms with van der Waals surface area (Å²) >= 11 is 0.